The standard InChI is InChI=1S/C19H26N6O2/c1-19(2,3)22-18(26)25-10-8-24(9-11-25)15-7-6-14(12-20-15)16-21-17(27-23-16)13-4-5-13/h6-7,12-13H,4-5,8-11H2,1-3H3,(H,22,26). The first-order valence-corrected chi connectivity index (χ1v) is 9.51. The van der Waals surface area contributed by atoms with Crippen LogP contribution in [0.15, 0.2) is 22.9 Å². The minimum Gasteiger partial charge on any atom is -0.353 e. The minimum absolute atomic E-state index is 0.00553. The summed E-state index contributed by atoms with van der Waals surface area (Å²) in [6.07, 6.45) is 4.06. The number of anilines is 1. The fourth-order valence-electron chi connectivity index (χ4n) is 3.09. The Hall–Kier alpha value is -2.64. The van der Waals surface area contributed by atoms with Gasteiger partial charge in [-0.05, 0) is 45.7 Å². The Kier molecular flexibility index (Phi) is 4.49. The number of aromatic nitrogens is 3. The maximum atomic E-state index is 12.3. The molecule has 1 saturated heterocycles. The SMILES string of the molecule is CC(C)(C)NC(=O)N1CCN(c2ccc(-c3noc(C4CC4)n3)cn2)CC1. The summed E-state index contributed by atoms with van der Waals surface area (Å²) < 4.78 is 5.32. The predicted octanol–water partition coefficient (Wildman–Crippen LogP) is 2.64. The van der Waals surface area contributed by atoms with Crippen molar-refractivity contribution in [1.29, 1.82) is 0 Å². The van der Waals surface area contributed by atoms with Crippen molar-refractivity contribution in [2.45, 2.75) is 45.1 Å². The van der Waals surface area contributed by atoms with Crippen LogP contribution in [0.25, 0.3) is 11.4 Å². The van der Waals surface area contributed by atoms with Gasteiger partial charge in [-0.3, -0.25) is 0 Å². The first kappa shape index (κ1) is 17.8. The molecule has 3 heterocycles. The molecule has 0 spiro atoms. The van der Waals surface area contributed by atoms with Crippen molar-refractivity contribution in [2.75, 3.05) is 31.1 Å². The molecular formula is C19H26N6O2. The van der Waals surface area contributed by atoms with Crippen LogP contribution in [0.1, 0.15) is 45.4 Å². The number of pyridine rings is 1. The van der Waals surface area contributed by atoms with E-state index in [2.05, 4.69) is 25.3 Å². The molecule has 1 N–H and O–H groups in total. The Balaban J connectivity index is 1.35. The van der Waals surface area contributed by atoms with Gasteiger partial charge in [-0.2, -0.15) is 4.98 Å². The topological polar surface area (TPSA) is 87.4 Å². The van der Waals surface area contributed by atoms with E-state index >= 15 is 0 Å². The molecule has 1 aliphatic carbocycles. The number of urea groups is 1. The number of rotatable bonds is 3. The molecule has 0 radical (unpaired) electrons. The Morgan fingerprint density at radius 2 is 1.93 bits per heavy atom. The number of hydrogen-bond acceptors (Lipinski definition) is 6. The molecule has 1 saturated carbocycles. The number of carbonyl (C=O) groups excluding carboxylic acids is 1. The van der Waals surface area contributed by atoms with Gasteiger partial charge in [0.25, 0.3) is 0 Å². The van der Waals surface area contributed by atoms with Crippen LogP contribution in [0.3, 0.4) is 0 Å². The van der Waals surface area contributed by atoms with Gasteiger partial charge in [-0.15, -0.1) is 0 Å². The van der Waals surface area contributed by atoms with Crippen molar-refractivity contribution in [3.8, 4) is 11.4 Å². The van der Waals surface area contributed by atoms with Crippen LogP contribution < -0.4 is 10.2 Å². The number of nitrogens with zero attached hydrogens (tertiary/aromatic N) is 5. The first-order chi connectivity index (χ1) is 12.9. The van der Waals surface area contributed by atoms with Crippen LogP contribution >= 0.6 is 0 Å². The largest absolute Gasteiger partial charge is 0.353 e. The maximum absolute atomic E-state index is 12.3. The lowest BCUT2D eigenvalue weighted by atomic mass is 10.1. The summed E-state index contributed by atoms with van der Waals surface area (Å²) in [6, 6.07) is 3.95. The van der Waals surface area contributed by atoms with Gasteiger partial charge in [0.15, 0.2) is 0 Å². The summed E-state index contributed by atoms with van der Waals surface area (Å²) in [5.74, 6) is 2.68. The molecule has 8 nitrogen and oxygen atoms in total. The van der Waals surface area contributed by atoms with E-state index < -0.39 is 0 Å². The highest BCUT2D eigenvalue weighted by atomic mass is 16.5. The highest BCUT2D eigenvalue weighted by Gasteiger charge is 2.30. The summed E-state index contributed by atoms with van der Waals surface area (Å²) in [6.45, 7) is 8.86. The van der Waals surface area contributed by atoms with Crippen LogP contribution in [-0.2, 0) is 0 Å². The summed E-state index contributed by atoms with van der Waals surface area (Å²) in [5.41, 5.74) is 0.637. The number of amides is 2. The van der Waals surface area contributed by atoms with Gasteiger partial charge in [-0.25, -0.2) is 9.78 Å². The molecule has 0 unspecified atom stereocenters. The number of piperazine rings is 1. The van der Waals surface area contributed by atoms with Gasteiger partial charge in [0, 0.05) is 49.4 Å². The Morgan fingerprint density at radius 3 is 2.52 bits per heavy atom. The van der Waals surface area contributed by atoms with Gasteiger partial charge in [0.2, 0.25) is 11.7 Å². The molecule has 2 aromatic heterocycles. The first-order valence-electron chi connectivity index (χ1n) is 9.51. The lowest BCUT2D eigenvalue weighted by Gasteiger charge is -2.36. The molecule has 2 aromatic rings. The Morgan fingerprint density at radius 1 is 1.19 bits per heavy atom. The van der Waals surface area contributed by atoms with Gasteiger partial charge in [0.05, 0.1) is 0 Å². The van der Waals surface area contributed by atoms with E-state index in [0.29, 0.717) is 24.8 Å². The molecule has 27 heavy (non-hydrogen) atoms. The summed E-state index contributed by atoms with van der Waals surface area (Å²) in [5, 5.41) is 7.07. The Labute approximate surface area is 158 Å². The average Bonchev–Trinajstić information content (AvgIpc) is 3.38. The molecule has 2 aliphatic rings. The van der Waals surface area contributed by atoms with E-state index in [4.69, 9.17) is 4.52 Å². The van der Waals surface area contributed by atoms with E-state index in [1.54, 1.807) is 6.20 Å². The van der Waals surface area contributed by atoms with Crippen molar-refractivity contribution in [1.82, 2.24) is 25.3 Å². The third-order valence-electron chi connectivity index (χ3n) is 4.75. The summed E-state index contributed by atoms with van der Waals surface area (Å²) >= 11 is 0. The van der Waals surface area contributed by atoms with Crippen molar-refractivity contribution in [2.24, 2.45) is 0 Å². The van der Waals surface area contributed by atoms with Crippen LogP contribution in [0.2, 0.25) is 0 Å². The van der Waals surface area contributed by atoms with Crippen molar-refractivity contribution >= 4 is 11.8 Å². The van der Waals surface area contributed by atoms with Gasteiger partial charge in [-0.1, -0.05) is 5.16 Å². The van der Waals surface area contributed by atoms with E-state index in [0.717, 1.165) is 43.2 Å². The van der Waals surface area contributed by atoms with Crippen LogP contribution in [0.4, 0.5) is 10.6 Å². The molecule has 144 valence electrons. The van der Waals surface area contributed by atoms with E-state index in [9.17, 15) is 4.79 Å². The van der Waals surface area contributed by atoms with E-state index in [-0.39, 0.29) is 11.6 Å². The monoisotopic (exact) mass is 370 g/mol. The zero-order valence-corrected chi connectivity index (χ0v) is 16.1. The molecule has 2 fully saturated rings. The smallest absolute Gasteiger partial charge is 0.317 e. The summed E-state index contributed by atoms with van der Waals surface area (Å²) in [4.78, 5) is 25.3. The second kappa shape index (κ2) is 6.83. The quantitative estimate of drug-likeness (QED) is 0.894. The lowest BCUT2D eigenvalue weighted by molar-refractivity contribution is 0.185. The zero-order chi connectivity index (χ0) is 19.0. The molecule has 2 amide bonds. The second-order valence-electron chi connectivity index (χ2n) is 8.29. The summed E-state index contributed by atoms with van der Waals surface area (Å²) in [7, 11) is 0. The number of carbonyl (C=O) groups is 1. The average molecular weight is 370 g/mol. The van der Waals surface area contributed by atoms with Gasteiger partial charge < -0.3 is 19.6 Å². The van der Waals surface area contributed by atoms with Crippen LogP contribution in [0.5, 0.6) is 0 Å². The molecular weight excluding hydrogens is 344 g/mol. The third-order valence-corrected chi connectivity index (χ3v) is 4.75. The predicted molar refractivity (Wildman–Crippen MR) is 102 cm³/mol. The zero-order valence-electron chi connectivity index (χ0n) is 16.1. The fraction of sp³-hybridized carbons (Fsp3) is 0.579. The van der Waals surface area contributed by atoms with Crippen LogP contribution in [0, 0.1) is 0 Å². The number of hydrogen-bond donors (Lipinski definition) is 1. The number of nitrogens with one attached hydrogen (secondary N) is 1. The molecule has 0 atom stereocenters. The minimum atomic E-state index is -0.222. The lowest BCUT2D eigenvalue weighted by Crippen LogP contribution is -2.55. The maximum Gasteiger partial charge on any atom is 0.317 e. The van der Waals surface area contributed by atoms with E-state index in [1.807, 2.05) is 37.8 Å². The van der Waals surface area contributed by atoms with E-state index in [1.165, 1.54) is 0 Å². The molecule has 4 rings (SSSR count). The van der Waals surface area contributed by atoms with Crippen molar-refractivity contribution in [3.63, 3.8) is 0 Å². The highest BCUT2D eigenvalue weighted by molar-refractivity contribution is 5.75. The van der Waals surface area contributed by atoms with Crippen molar-refractivity contribution in [3.05, 3.63) is 24.2 Å². The van der Waals surface area contributed by atoms with Crippen LogP contribution in [-0.4, -0.2) is 57.8 Å². The molecule has 8 heteroatoms. The fourth-order valence-corrected chi connectivity index (χ4v) is 3.09. The Bertz CT molecular complexity index is 798. The van der Waals surface area contributed by atoms with Gasteiger partial charge in [0.1, 0.15) is 5.82 Å². The molecule has 0 bridgehead atoms. The molecule has 0 aromatic carbocycles. The molecule has 1 aliphatic heterocycles. The second-order valence-corrected chi connectivity index (χ2v) is 8.29. The third kappa shape index (κ3) is 4.20. The normalized spacial score (nSPS) is 17.9. The van der Waals surface area contributed by atoms with Crippen molar-refractivity contribution < 1.29 is 9.32 Å². The highest BCUT2D eigenvalue weighted by Crippen LogP contribution is 2.39. The van der Waals surface area contributed by atoms with Gasteiger partial charge >= 0.3 is 6.03 Å².